The van der Waals surface area contributed by atoms with Gasteiger partial charge in [-0.15, -0.1) is 24.8 Å². The molecule has 0 aliphatic heterocycles. The summed E-state index contributed by atoms with van der Waals surface area (Å²) >= 11 is 0. The van der Waals surface area contributed by atoms with Crippen molar-refractivity contribution in [1.82, 2.24) is 10.2 Å². The Balaban J connectivity index is 0.00000338. The number of nitrogens with two attached hydrogens (primary N) is 1. The number of nitrogens with one attached hydrogen (secondary N) is 1. The van der Waals surface area contributed by atoms with Gasteiger partial charge in [-0.1, -0.05) is 54.6 Å². The van der Waals surface area contributed by atoms with E-state index in [9.17, 15) is 4.79 Å². The molecule has 0 aliphatic rings. The zero-order valence-electron chi connectivity index (χ0n) is 16.4. The second kappa shape index (κ2) is 11.3. The summed E-state index contributed by atoms with van der Waals surface area (Å²) in [6.45, 7) is 7.41. The third kappa shape index (κ3) is 6.82. The van der Waals surface area contributed by atoms with Gasteiger partial charge in [-0.3, -0.25) is 9.69 Å². The molecule has 6 heteroatoms. The summed E-state index contributed by atoms with van der Waals surface area (Å²) < 4.78 is 0. The van der Waals surface area contributed by atoms with Crippen LogP contribution in [0.2, 0.25) is 0 Å². The fraction of sp³-hybridized carbons (Fsp3) is 0.381. The van der Waals surface area contributed by atoms with Crippen LogP contribution in [0.15, 0.2) is 54.6 Å². The molecule has 2 aromatic rings. The number of benzene rings is 2. The van der Waals surface area contributed by atoms with Gasteiger partial charge in [-0.2, -0.15) is 0 Å². The Morgan fingerprint density at radius 1 is 1.04 bits per heavy atom. The molecular weight excluding hydrogens is 381 g/mol. The molecule has 0 saturated heterocycles. The number of rotatable bonds is 7. The molecule has 0 aliphatic carbocycles. The van der Waals surface area contributed by atoms with E-state index in [2.05, 4.69) is 43.2 Å². The number of nitrogens with zero attached hydrogens (tertiary/aromatic N) is 1. The van der Waals surface area contributed by atoms with E-state index in [0.717, 1.165) is 17.7 Å². The molecule has 0 bridgehead atoms. The Labute approximate surface area is 175 Å². The van der Waals surface area contributed by atoms with Gasteiger partial charge < -0.3 is 11.1 Å². The second-order valence-electron chi connectivity index (χ2n) is 7.03. The number of halogens is 2. The van der Waals surface area contributed by atoms with Gasteiger partial charge in [0.25, 0.3) is 0 Å². The maximum Gasteiger partial charge on any atom is 0.244 e. The van der Waals surface area contributed by atoms with Crippen molar-refractivity contribution in [2.24, 2.45) is 5.73 Å². The normalized spacial score (nSPS) is 12.7. The second-order valence-corrected chi connectivity index (χ2v) is 7.03. The standard InChI is InChI=1S/C21H29N3O.2ClH/c1-16(2)24(4)15-18-11-9-8-10-17(18)14-23-20(25)21(3,22)19-12-6-5-7-13-19;;/h5-13,16H,14-15,22H2,1-4H3,(H,23,25);2*1H. The molecule has 1 unspecified atom stereocenters. The molecule has 0 saturated carbocycles. The molecule has 4 nitrogen and oxygen atoms in total. The fourth-order valence-electron chi connectivity index (χ4n) is 2.61. The molecule has 0 radical (unpaired) electrons. The molecule has 0 spiro atoms. The van der Waals surface area contributed by atoms with E-state index in [4.69, 9.17) is 5.73 Å². The van der Waals surface area contributed by atoms with Crippen molar-refractivity contribution in [3.8, 4) is 0 Å². The summed E-state index contributed by atoms with van der Waals surface area (Å²) in [5, 5.41) is 3.00. The third-order valence-corrected chi connectivity index (χ3v) is 4.70. The zero-order valence-corrected chi connectivity index (χ0v) is 18.1. The van der Waals surface area contributed by atoms with Crippen LogP contribution >= 0.6 is 24.8 Å². The van der Waals surface area contributed by atoms with Crippen LogP contribution in [0, 0.1) is 0 Å². The SMILES string of the molecule is CC(C)N(C)Cc1ccccc1CNC(=O)C(C)(N)c1ccccc1.Cl.Cl. The van der Waals surface area contributed by atoms with Crippen LogP contribution in [0.5, 0.6) is 0 Å². The van der Waals surface area contributed by atoms with Gasteiger partial charge in [-0.05, 0) is 44.5 Å². The van der Waals surface area contributed by atoms with Gasteiger partial charge in [0.2, 0.25) is 5.91 Å². The van der Waals surface area contributed by atoms with Crippen molar-refractivity contribution < 1.29 is 4.79 Å². The summed E-state index contributed by atoms with van der Waals surface area (Å²) in [5.41, 5.74) is 8.38. The topological polar surface area (TPSA) is 58.4 Å². The molecule has 1 amide bonds. The summed E-state index contributed by atoms with van der Waals surface area (Å²) in [4.78, 5) is 14.9. The maximum atomic E-state index is 12.6. The van der Waals surface area contributed by atoms with Crippen molar-refractivity contribution >= 4 is 30.7 Å². The number of carbonyl (C=O) groups is 1. The van der Waals surface area contributed by atoms with Crippen molar-refractivity contribution in [2.75, 3.05) is 7.05 Å². The molecule has 0 aromatic heterocycles. The summed E-state index contributed by atoms with van der Waals surface area (Å²) in [6.07, 6.45) is 0. The number of carbonyl (C=O) groups excluding carboxylic acids is 1. The van der Waals surface area contributed by atoms with E-state index in [1.807, 2.05) is 42.5 Å². The van der Waals surface area contributed by atoms with E-state index < -0.39 is 5.54 Å². The molecule has 3 N–H and O–H groups in total. The van der Waals surface area contributed by atoms with Crippen molar-refractivity contribution in [3.05, 3.63) is 71.3 Å². The number of hydrogen-bond donors (Lipinski definition) is 2. The minimum atomic E-state index is -1.05. The van der Waals surface area contributed by atoms with Crippen LogP contribution in [-0.4, -0.2) is 23.9 Å². The van der Waals surface area contributed by atoms with Gasteiger partial charge >= 0.3 is 0 Å². The Kier molecular flexibility index (Phi) is 10.6. The lowest BCUT2D eigenvalue weighted by Crippen LogP contribution is -2.48. The first-order valence-electron chi connectivity index (χ1n) is 8.72. The van der Waals surface area contributed by atoms with E-state index in [1.54, 1.807) is 6.92 Å². The molecule has 150 valence electrons. The van der Waals surface area contributed by atoms with Crippen molar-refractivity contribution in [2.45, 2.75) is 45.4 Å². The van der Waals surface area contributed by atoms with Gasteiger partial charge in [0.1, 0.15) is 5.54 Å². The van der Waals surface area contributed by atoms with Gasteiger partial charge in [0, 0.05) is 19.1 Å². The molecular formula is C21H31Cl2N3O. The zero-order chi connectivity index (χ0) is 18.4. The highest BCUT2D eigenvalue weighted by atomic mass is 35.5. The number of amides is 1. The summed E-state index contributed by atoms with van der Waals surface area (Å²) in [5.74, 6) is -0.175. The minimum absolute atomic E-state index is 0. The quantitative estimate of drug-likeness (QED) is 0.726. The average molecular weight is 412 g/mol. The Morgan fingerprint density at radius 2 is 1.56 bits per heavy atom. The van der Waals surface area contributed by atoms with Crippen molar-refractivity contribution in [1.29, 1.82) is 0 Å². The van der Waals surface area contributed by atoms with Crippen LogP contribution < -0.4 is 11.1 Å². The Morgan fingerprint density at radius 3 is 2.11 bits per heavy atom. The summed E-state index contributed by atoms with van der Waals surface area (Å²) in [6, 6.07) is 18.1. The Hall–Kier alpha value is -1.59. The minimum Gasteiger partial charge on any atom is -0.350 e. The number of hydrogen-bond acceptors (Lipinski definition) is 3. The highest BCUT2D eigenvalue weighted by molar-refractivity contribution is 5.87. The predicted molar refractivity (Wildman–Crippen MR) is 117 cm³/mol. The highest BCUT2D eigenvalue weighted by Gasteiger charge is 2.30. The Bertz CT molecular complexity index is 706. The van der Waals surface area contributed by atoms with Crippen LogP contribution in [0.25, 0.3) is 0 Å². The highest BCUT2D eigenvalue weighted by Crippen LogP contribution is 2.18. The molecule has 0 fully saturated rings. The monoisotopic (exact) mass is 411 g/mol. The van der Waals surface area contributed by atoms with Gasteiger partial charge in [-0.25, -0.2) is 0 Å². The van der Waals surface area contributed by atoms with Crippen molar-refractivity contribution in [3.63, 3.8) is 0 Å². The first-order chi connectivity index (χ1) is 11.8. The largest absolute Gasteiger partial charge is 0.350 e. The van der Waals surface area contributed by atoms with Crippen LogP contribution in [0.1, 0.15) is 37.5 Å². The maximum absolute atomic E-state index is 12.6. The smallest absolute Gasteiger partial charge is 0.244 e. The lowest BCUT2D eigenvalue weighted by atomic mass is 9.92. The first-order valence-corrected chi connectivity index (χ1v) is 8.72. The third-order valence-electron chi connectivity index (χ3n) is 4.70. The molecule has 0 heterocycles. The first kappa shape index (κ1) is 25.4. The average Bonchev–Trinajstić information content (AvgIpc) is 2.61. The van der Waals surface area contributed by atoms with Crippen LogP contribution in [0.4, 0.5) is 0 Å². The van der Waals surface area contributed by atoms with E-state index >= 15 is 0 Å². The van der Waals surface area contributed by atoms with Gasteiger partial charge in [0.15, 0.2) is 0 Å². The van der Waals surface area contributed by atoms with Crippen LogP contribution in [0.3, 0.4) is 0 Å². The summed E-state index contributed by atoms with van der Waals surface area (Å²) in [7, 11) is 2.10. The predicted octanol–water partition coefficient (Wildman–Crippen LogP) is 3.86. The fourth-order valence-corrected chi connectivity index (χ4v) is 2.61. The molecule has 27 heavy (non-hydrogen) atoms. The van der Waals surface area contributed by atoms with E-state index in [1.165, 1.54) is 5.56 Å². The van der Waals surface area contributed by atoms with Gasteiger partial charge in [0.05, 0.1) is 0 Å². The molecule has 2 rings (SSSR count). The van der Waals surface area contributed by atoms with Crippen LogP contribution in [-0.2, 0) is 23.4 Å². The lowest BCUT2D eigenvalue weighted by Gasteiger charge is -2.25. The molecule has 2 aromatic carbocycles. The van der Waals surface area contributed by atoms with E-state index in [0.29, 0.717) is 12.6 Å². The lowest BCUT2D eigenvalue weighted by molar-refractivity contribution is -0.126. The molecule has 1 atom stereocenters. The van der Waals surface area contributed by atoms with E-state index in [-0.39, 0.29) is 30.7 Å².